The summed E-state index contributed by atoms with van der Waals surface area (Å²) in [5.74, 6) is -0.907. The third-order valence-electron chi connectivity index (χ3n) is 15.4. The molecule has 0 aliphatic heterocycles. The van der Waals surface area contributed by atoms with Crippen LogP contribution in [0.2, 0.25) is 0 Å². The Hall–Kier alpha value is -3.41. The smallest absolute Gasteiger partial charge is 0.306 e. The fraction of sp³-hybridized carbons (Fsp3) is 0.773. The van der Waals surface area contributed by atoms with Gasteiger partial charge in [-0.05, 0) is 96.3 Å². The first kappa shape index (κ1) is 77.6. The van der Waals surface area contributed by atoms with Crippen molar-refractivity contribution in [2.24, 2.45) is 0 Å². The summed E-state index contributed by atoms with van der Waals surface area (Å²) in [5.41, 5.74) is 0. The molecule has 1 unspecified atom stereocenters. The summed E-state index contributed by atoms with van der Waals surface area (Å²) in [6.45, 7) is 6.52. The Morgan fingerprint density at radius 1 is 0.259 bits per heavy atom. The summed E-state index contributed by atoms with van der Waals surface area (Å²) < 4.78 is 17.0. The van der Waals surface area contributed by atoms with Gasteiger partial charge in [-0.15, -0.1) is 0 Å². The van der Waals surface area contributed by atoms with E-state index in [1.165, 1.54) is 193 Å². The summed E-state index contributed by atoms with van der Waals surface area (Å²) in [6.07, 6.45) is 91.8. The van der Waals surface area contributed by atoms with Gasteiger partial charge in [-0.1, -0.05) is 324 Å². The largest absolute Gasteiger partial charge is 0.462 e. The van der Waals surface area contributed by atoms with Crippen molar-refractivity contribution < 1.29 is 28.6 Å². The summed E-state index contributed by atoms with van der Waals surface area (Å²) in [6, 6.07) is 0. The number of hydrogen-bond donors (Lipinski definition) is 0. The van der Waals surface area contributed by atoms with Crippen LogP contribution in [0.25, 0.3) is 0 Å². The van der Waals surface area contributed by atoms with Crippen molar-refractivity contribution in [3.8, 4) is 0 Å². The van der Waals surface area contributed by atoms with Crippen molar-refractivity contribution in [2.45, 2.75) is 361 Å². The van der Waals surface area contributed by atoms with Gasteiger partial charge in [-0.3, -0.25) is 14.4 Å². The highest BCUT2D eigenvalue weighted by molar-refractivity contribution is 5.71. The second-order valence-corrected chi connectivity index (χ2v) is 23.4. The standard InChI is InChI=1S/C75H132O6/c1-4-7-10-13-16-19-22-25-28-31-33-34-35-36-37-38-39-40-42-44-47-50-53-56-59-62-65-68-74(77)80-71-72(70-79-73(76)67-64-61-58-55-52-49-46-43-30-27-24-21-18-15-12-9-6-3)81-75(78)69-66-63-60-57-54-51-48-45-41-32-29-26-23-20-17-14-11-8-5-2/h9,12,17-18,20-21,26-27,29-30,41,45-46,49,72H,4-8,10-11,13-16,19,22-25,28,31-40,42-44,47-48,50-71H2,1-3H3/b12-9-,20-17-,21-18-,29-26-,30-27-,45-41-,49-46-. The van der Waals surface area contributed by atoms with Crippen LogP contribution in [0.1, 0.15) is 355 Å². The Balaban J connectivity index is 4.32. The highest BCUT2D eigenvalue weighted by atomic mass is 16.6. The van der Waals surface area contributed by atoms with Gasteiger partial charge >= 0.3 is 17.9 Å². The van der Waals surface area contributed by atoms with Gasteiger partial charge < -0.3 is 14.2 Å². The molecule has 1 atom stereocenters. The van der Waals surface area contributed by atoms with Gasteiger partial charge in [0.15, 0.2) is 6.10 Å². The topological polar surface area (TPSA) is 78.9 Å². The fourth-order valence-electron chi connectivity index (χ4n) is 10.2. The van der Waals surface area contributed by atoms with Crippen LogP contribution < -0.4 is 0 Å². The van der Waals surface area contributed by atoms with E-state index in [4.69, 9.17) is 14.2 Å². The molecule has 0 fully saturated rings. The average Bonchev–Trinajstić information content (AvgIpc) is 3.47. The molecule has 468 valence electrons. The summed E-state index contributed by atoms with van der Waals surface area (Å²) in [7, 11) is 0. The van der Waals surface area contributed by atoms with Crippen LogP contribution >= 0.6 is 0 Å². The van der Waals surface area contributed by atoms with Gasteiger partial charge in [0.1, 0.15) is 13.2 Å². The fourth-order valence-corrected chi connectivity index (χ4v) is 10.2. The number of rotatable bonds is 64. The minimum Gasteiger partial charge on any atom is -0.462 e. The van der Waals surface area contributed by atoms with Crippen LogP contribution in [-0.2, 0) is 28.6 Å². The normalized spacial score (nSPS) is 12.6. The Bertz CT molecular complexity index is 1530. The first-order valence-electron chi connectivity index (χ1n) is 35.1. The van der Waals surface area contributed by atoms with Gasteiger partial charge in [0, 0.05) is 19.3 Å². The van der Waals surface area contributed by atoms with Gasteiger partial charge in [0.05, 0.1) is 0 Å². The Kier molecular flexibility index (Phi) is 66.2. The lowest BCUT2D eigenvalue weighted by Gasteiger charge is -2.18. The summed E-state index contributed by atoms with van der Waals surface area (Å²) >= 11 is 0. The van der Waals surface area contributed by atoms with Gasteiger partial charge in [0.2, 0.25) is 0 Å². The molecule has 0 spiro atoms. The van der Waals surface area contributed by atoms with E-state index >= 15 is 0 Å². The third-order valence-corrected chi connectivity index (χ3v) is 15.4. The minimum absolute atomic E-state index is 0.0874. The SMILES string of the molecule is CC/C=C\C/C=C\C/C=C\C/C=C\CCCCCCC(=O)OCC(COC(=O)CCCCCCCCCCCCCCCCCCCCCCCCCCCCC)OC(=O)CCCCCCCC/C=C\C/C=C\C/C=C\CCCCC. The van der Waals surface area contributed by atoms with Crippen LogP contribution in [0.4, 0.5) is 0 Å². The lowest BCUT2D eigenvalue weighted by atomic mass is 10.0. The Labute approximate surface area is 503 Å². The van der Waals surface area contributed by atoms with E-state index in [0.29, 0.717) is 19.3 Å². The molecule has 0 N–H and O–H groups in total. The van der Waals surface area contributed by atoms with Crippen LogP contribution in [-0.4, -0.2) is 37.2 Å². The number of carbonyl (C=O) groups excluding carboxylic acids is 3. The minimum atomic E-state index is -0.795. The molecule has 0 aliphatic rings. The predicted octanol–water partition coefficient (Wildman–Crippen LogP) is 24.2. The van der Waals surface area contributed by atoms with E-state index in [1.54, 1.807) is 0 Å². The lowest BCUT2D eigenvalue weighted by Crippen LogP contribution is -2.30. The number of unbranched alkanes of at least 4 members (excludes halogenated alkanes) is 39. The molecule has 0 heterocycles. The number of ether oxygens (including phenoxy) is 3. The number of hydrogen-bond acceptors (Lipinski definition) is 6. The van der Waals surface area contributed by atoms with Gasteiger partial charge in [0.25, 0.3) is 0 Å². The lowest BCUT2D eigenvalue weighted by molar-refractivity contribution is -0.167. The Morgan fingerprint density at radius 2 is 0.481 bits per heavy atom. The maximum atomic E-state index is 12.9. The van der Waals surface area contributed by atoms with Crippen molar-refractivity contribution >= 4 is 17.9 Å². The molecule has 0 rings (SSSR count). The number of esters is 3. The molecule has 6 nitrogen and oxygen atoms in total. The summed E-state index contributed by atoms with van der Waals surface area (Å²) in [5, 5.41) is 0. The Morgan fingerprint density at radius 3 is 0.778 bits per heavy atom. The van der Waals surface area contributed by atoms with Crippen molar-refractivity contribution in [3.63, 3.8) is 0 Å². The van der Waals surface area contributed by atoms with Crippen LogP contribution in [0.5, 0.6) is 0 Å². The maximum Gasteiger partial charge on any atom is 0.306 e. The summed E-state index contributed by atoms with van der Waals surface area (Å²) in [4.78, 5) is 38.4. The van der Waals surface area contributed by atoms with Gasteiger partial charge in [-0.2, -0.15) is 0 Å². The van der Waals surface area contributed by atoms with E-state index in [-0.39, 0.29) is 31.1 Å². The highest BCUT2D eigenvalue weighted by Gasteiger charge is 2.19. The number of allylic oxidation sites excluding steroid dienone is 14. The van der Waals surface area contributed by atoms with E-state index in [0.717, 1.165) is 122 Å². The zero-order chi connectivity index (χ0) is 58.5. The molecule has 0 aromatic rings. The monoisotopic (exact) mass is 1130 g/mol. The zero-order valence-electron chi connectivity index (χ0n) is 53.8. The van der Waals surface area contributed by atoms with E-state index < -0.39 is 6.10 Å². The highest BCUT2D eigenvalue weighted by Crippen LogP contribution is 2.18. The van der Waals surface area contributed by atoms with Gasteiger partial charge in [-0.25, -0.2) is 0 Å². The third kappa shape index (κ3) is 67.3. The predicted molar refractivity (Wildman–Crippen MR) is 353 cm³/mol. The van der Waals surface area contributed by atoms with Crippen molar-refractivity contribution in [2.75, 3.05) is 13.2 Å². The van der Waals surface area contributed by atoms with E-state index in [9.17, 15) is 14.4 Å². The van der Waals surface area contributed by atoms with Crippen molar-refractivity contribution in [1.29, 1.82) is 0 Å². The average molecular weight is 1130 g/mol. The molecule has 0 bridgehead atoms. The molecule has 0 aromatic carbocycles. The first-order valence-corrected chi connectivity index (χ1v) is 35.1. The molecule has 0 aromatic heterocycles. The molecule has 6 heteroatoms. The first-order chi connectivity index (χ1) is 40.0. The molecule has 0 amide bonds. The molecule has 0 aliphatic carbocycles. The molecule has 0 saturated heterocycles. The number of carbonyl (C=O) groups is 3. The molecular formula is C75H132O6. The molecular weight excluding hydrogens is 997 g/mol. The van der Waals surface area contributed by atoms with E-state index in [1.807, 2.05) is 0 Å². The quantitative estimate of drug-likeness (QED) is 0.0261. The molecule has 0 saturated carbocycles. The van der Waals surface area contributed by atoms with Crippen LogP contribution in [0.15, 0.2) is 85.1 Å². The molecule has 0 radical (unpaired) electrons. The van der Waals surface area contributed by atoms with Crippen LogP contribution in [0, 0.1) is 0 Å². The van der Waals surface area contributed by atoms with Crippen molar-refractivity contribution in [3.05, 3.63) is 85.1 Å². The van der Waals surface area contributed by atoms with E-state index in [2.05, 4.69) is 106 Å². The maximum absolute atomic E-state index is 12.9. The zero-order valence-corrected chi connectivity index (χ0v) is 53.8. The van der Waals surface area contributed by atoms with Crippen molar-refractivity contribution in [1.82, 2.24) is 0 Å². The second kappa shape index (κ2) is 69.1. The second-order valence-electron chi connectivity index (χ2n) is 23.4. The molecule has 81 heavy (non-hydrogen) atoms. The van der Waals surface area contributed by atoms with Crippen LogP contribution in [0.3, 0.4) is 0 Å².